The lowest BCUT2D eigenvalue weighted by atomic mass is 10.1. The lowest BCUT2D eigenvalue weighted by Crippen LogP contribution is -2.27. The second-order valence-electron chi connectivity index (χ2n) is 6.72. The highest BCUT2D eigenvalue weighted by molar-refractivity contribution is 5.98. The second-order valence-corrected chi connectivity index (χ2v) is 6.72. The molecule has 3 rings (SSSR count). The van der Waals surface area contributed by atoms with Gasteiger partial charge in [0.05, 0.1) is 6.42 Å². The van der Waals surface area contributed by atoms with Gasteiger partial charge in [-0.1, -0.05) is 23.3 Å². The number of aromatic hydroxyl groups is 1. The van der Waals surface area contributed by atoms with E-state index in [9.17, 15) is 14.7 Å². The minimum atomic E-state index is -0.296. The maximum atomic E-state index is 12.0. The molecule has 2 aromatic carbocycles. The third-order valence-corrected chi connectivity index (χ3v) is 4.61. The number of nitrogens with one attached hydrogen (secondary N) is 2. The molecule has 3 aromatic rings. The third kappa shape index (κ3) is 5.60. The van der Waals surface area contributed by atoms with Gasteiger partial charge in [0.25, 0.3) is 0 Å². The highest BCUT2D eigenvalue weighted by Crippen LogP contribution is 2.24. The number of phenols is 1. The van der Waals surface area contributed by atoms with Gasteiger partial charge < -0.3 is 15.4 Å². The Hall–Kier alpha value is -3.77. The smallest absolute Gasteiger partial charge is 0.227 e. The fourth-order valence-corrected chi connectivity index (χ4v) is 3.10. The van der Waals surface area contributed by atoms with Gasteiger partial charge in [0, 0.05) is 40.7 Å². The average Bonchev–Trinajstić information content (AvgIpc) is 3.10. The van der Waals surface area contributed by atoms with Crippen molar-refractivity contribution in [1.29, 1.82) is 0 Å². The Morgan fingerprint density at radius 2 is 1.93 bits per heavy atom. The molecule has 29 heavy (non-hydrogen) atoms. The van der Waals surface area contributed by atoms with Crippen LogP contribution in [0.25, 0.3) is 21.3 Å². The normalized spacial score (nSPS) is 10.5. The molecule has 1 aromatic heterocycles. The van der Waals surface area contributed by atoms with E-state index in [1.165, 1.54) is 0 Å². The number of benzene rings is 2. The number of phenolic OH excluding ortho intramolecular Hbond substituents is 1. The molecule has 0 fully saturated rings. The summed E-state index contributed by atoms with van der Waals surface area (Å²) in [4.78, 5) is 30.0. The summed E-state index contributed by atoms with van der Waals surface area (Å²) in [5, 5.41) is 16.6. The predicted octanol–water partition coefficient (Wildman–Crippen LogP) is 4.07. The van der Waals surface area contributed by atoms with Crippen LogP contribution in [0.3, 0.4) is 0 Å². The quantitative estimate of drug-likeness (QED) is 0.220. The van der Waals surface area contributed by atoms with Crippen LogP contribution in [-0.4, -0.2) is 28.3 Å². The van der Waals surface area contributed by atoms with Crippen LogP contribution in [0, 0.1) is 0 Å². The first kappa shape index (κ1) is 20.0. The van der Waals surface area contributed by atoms with Crippen molar-refractivity contribution in [2.45, 2.75) is 25.7 Å². The van der Waals surface area contributed by atoms with E-state index in [4.69, 9.17) is 5.53 Å². The summed E-state index contributed by atoms with van der Waals surface area (Å²) in [6.07, 6.45) is 3.12. The van der Waals surface area contributed by atoms with Crippen molar-refractivity contribution >= 4 is 28.3 Å². The molecule has 8 heteroatoms. The number of aromatic amines is 1. The Kier molecular flexibility index (Phi) is 6.50. The van der Waals surface area contributed by atoms with Crippen molar-refractivity contribution in [3.05, 3.63) is 70.2 Å². The SMILES string of the molecule is [N-]=[N+]=Nc1ccc2[nH]cc(CCNC(=O)CC(=O)CCc3ccc(O)cc3)c2c1. The van der Waals surface area contributed by atoms with Crippen molar-refractivity contribution in [2.75, 3.05) is 6.54 Å². The lowest BCUT2D eigenvalue weighted by molar-refractivity contribution is -0.128. The van der Waals surface area contributed by atoms with Gasteiger partial charge in [-0.15, -0.1) is 0 Å². The third-order valence-electron chi connectivity index (χ3n) is 4.61. The zero-order valence-electron chi connectivity index (χ0n) is 15.8. The fraction of sp³-hybridized carbons (Fsp3) is 0.238. The number of azide groups is 1. The Morgan fingerprint density at radius 3 is 2.69 bits per heavy atom. The van der Waals surface area contributed by atoms with Gasteiger partial charge >= 0.3 is 0 Å². The lowest BCUT2D eigenvalue weighted by Gasteiger charge is -2.05. The summed E-state index contributed by atoms with van der Waals surface area (Å²) in [7, 11) is 0. The molecule has 0 bridgehead atoms. The molecule has 148 valence electrons. The summed E-state index contributed by atoms with van der Waals surface area (Å²) < 4.78 is 0. The van der Waals surface area contributed by atoms with Gasteiger partial charge in [0.15, 0.2) is 0 Å². The van der Waals surface area contributed by atoms with Gasteiger partial charge in [-0.3, -0.25) is 9.59 Å². The van der Waals surface area contributed by atoms with Crippen molar-refractivity contribution in [3.63, 3.8) is 0 Å². The number of ketones is 1. The molecule has 0 saturated heterocycles. The number of carbonyl (C=O) groups excluding carboxylic acids is 2. The maximum absolute atomic E-state index is 12.0. The highest BCUT2D eigenvalue weighted by atomic mass is 16.3. The minimum Gasteiger partial charge on any atom is -0.508 e. The van der Waals surface area contributed by atoms with E-state index < -0.39 is 0 Å². The average molecular weight is 391 g/mol. The summed E-state index contributed by atoms with van der Waals surface area (Å²) in [6, 6.07) is 12.0. The molecule has 0 saturated carbocycles. The Bertz CT molecular complexity index is 1070. The summed E-state index contributed by atoms with van der Waals surface area (Å²) in [5.41, 5.74) is 12.0. The van der Waals surface area contributed by atoms with Crippen LogP contribution in [0.15, 0.2) is 53.8 Å². The number of aromatic nitrogens is 1. The summed E-state index contributed by atoms with van der Waals surface area (Å²) in [5.74, 6) is -0.235. The van der Waals surface area contributed by atoms with Crippen LogP contribution in [-0.2, 0) is 22.4 Å². The monoisotopic (exact) mass is 391 g/mol. The number of nitrogens with zero attached hydrogens (tertiary/aromatic N) is 3. The van der Waals surface area contributed by atoms with Gasteiger partial charge in [-0.05, 0) is 53.8 Å². The predicted molar refractivity (Wildman–Crippen MR) is 110 cm³/mol. The molecule has 0 atom stereocenters. The number of aryl methyl sites for hydroxylation is 1. The zero-order chi connectivity index (χ0) is 20.6. The molecule has 0 spiro atoms. The molecule has 1 amide bonds. The van der Waals surface area contributed by atoms with Crippen LogP contribution < -0.4 is 5.32 Å². The Labute approximate surface area is 167 Å². The first-order valence-corrected chi connectivity index (χ1v) is 9.26. The molecule has 3 N–H and O–H groups in total. The minimum absolute atomic E-state index is 0.123. The molecule has 1 heterocycles. The van der Waals surface area contributed by atoms with Crippen LogP contribution in [0.5, 0.6) is 5.75 Å². The molecule has 0 radical (unpaired) electrons. The molecule has 0 aliphatic carbocycles. The zero-order valence-corrected chi connectivity index (χ0v) is 15.8. The molecule has 0 unspecified atom stereocenters. The van der Waals surface area contributed by atoms with Gasteiger partial charge in [-0.25, -0.2) is 0 Å². The van der Waals surface area contributed by atoms with Crippen molar-refractivity contribution in [2.24, 2.45) is 5.11 Å². The van der Waals surface area contributed by atoms with Gasteiger partial charge in [0.2, 0.25) is 5.91 Å². The standard InChI is InChI=1S/C21H21N5O3/c22-26-25-16-4-8-20-19(11-16)15(13-24-20)9-10-23-21(29)12-18(28)7-3-14-1-5-17(27)6-2-14/h1-2,4-6,8,11,13,24,27H,3,7,9-10,12H2,(H,23,29). The van der Waals surface area contributed by atoms with E-state index in [1.807, 2.05) is 12.3 Å². The number of hydrogen-bond acceptors (Lipinski definition) is 4. The molecular formula is C21H21N5O3. The van der Waals surface area contributed by atoms with Crippen molar-refractivity contribution in [1.82, 2.24) is 10.3 Å². The van der Waals surface area contributed by atoms with E-state index >= 15 is 0 Å². The number of fused-ring (bicyclic) bond motifs is 1. The Morgan fingerprint density at radius 1 is 1.14 bits per heavy atom. The molecular weight excluding hydrogens is 370 g/mol. The summed E-state index contributed by atoms with van der Waals surface area (Å²) >= 11 is 0. The number of carbonyl (C=O) groups is 2. The second kappa shape index (κ2) is 9.43. The number of rotatable bonds is 9. The van der Waals surface area contributed by atoms with E-state index in [0.717, 1.165) is 22.0 Å². The van der Waals surface area contributed by atoms with Crippen LogP contribution in [0.1, 0.15) is 24.0 Å². The highest BCUT2D eigenvalue weighted by Gasteiger charge is 2.10. The number of amides is 1. The number of Topliss-reactive ketones (excluding diaryl/α,β-unsaturated/α-hetero) is 1. The van der Waals surface area contributed by atoms with Crippen LogP contribution in [0.4, 0.5) is 5.69 Å². The molecule has 0 aliphatic heterocycles. The first-order valence-electron chi connectivity index (χ1n) is 9.26. The van der Waals surface area contributed by atoms with Crippen LogP contribution in [0.2, 0.25) is 0 Å². The first-order chi connectivity index (χ1) is 14.0. The van der Waals surface area contributed by atoms with Crippen molar-refractivity contribution < 1.29 is 14.7 Å². The van der Waals surface area contributed by atoms with E-state index in [1.54, 1.807) is 36.4 Å². The van der Waals surface area contributed by atoms with E-state index in [0.29, 0.717) is 25.1 Å². The largest absolute Gasteiger partial charge is 0.508 e. The van der Waals surface area contributed by atoms with Crippen molar-refractivity contribution in [3.8, 4) is 5.75 Å². The topological polar surface area (TPSA) is 131 Å². The maximum Gasteiger partial charge on any atom is 0.227 e. The van der Waals surface area contributed by atoms with E-state index in [2.05, 4.69) is 20.3 Å². The number of hydrogen-bond donors (Lipinski definition) is 3. The summed E-state index contributed by atoms with van der Waals surface area (Å²) in [6.45, 7) is 0.406. The van der Waals surface area contributed by atoms with E-state index in [-0.39, 0.29) is 30.3 Å². The molecule has 8 nitrogen and oxygen atoms in total. The van der Waals surface area contributed by atoms with Gasteiger partial charge in [0.1, 0.15) is 11.5 Å². The fourth-order valence-electron chi connectivity index (χ4n) is 3.10. The number of H-pyrrole nitrogens is 1. The Balaban J connectivity index is 1.45. The van der Waals surface area contributed by atoms with Crippen LogP contribution >= 0.6 is 0 Å². The molecule has 0 aliphatic rings. The van der Waals surface area contributed by atoms with Gasteiger partial charge in [-0.2, -0.15) is 0 Å².